The fourth-order valence-electron chi connectivity index (χ4n) is 2.29. The Bertz CT molecular complexity index is 785. The molecule has 0 amide bonds. The molecule has 0 atom stereocenters. The van der Waals surface area contributed by atoms with Gasteiger partial charge in [0.25, 0.3) is 0 Å². The third-order valence-corrected chi connectivity index (χ3v) is 3.44. The molecule has 1 aromatic carbocycles. The number of Topliss-reactive ketones (excluding diaryl/α,β-unsaturated/α-hetero) is 1. The number of hydrogen-bond donors (Lipinski definition) is 3. The molecule has 0 aliphatic carbocycles. The maximum atomic E-state index is 12.1. The highest BCUT2D eigenvalue weighted by Gasteiger charge is 2.09. The Morgan fingerprint density at radius 1 is 1.00 bits per heavy atom. The van der Waals surface area contributed by atoms with E-state index in [9.17, 15) is 14.4 Å². The number of aromatic amines is 1. The monoisotopic (exact) mass is 358 g/mol. The van der Waals surface area contributed by atoms with Crippen molar-refractivity contribution in [2.75, 3.05) is 0 Å². The fourth-order valence-corrected chi connectivity index (χ4v) is 2.29. The lowest BCUT2D eigenvalue weighted by atomic mass is 10.0. The summed E-state index contributed by atoms with van der Waals surface area (Å²) in [6.07, 6.45) is 3.99. The minimum atomic E-state index is -1.26. The Balaban J connectivity index is 0.000000359. The van der Waals surface area contributed by atoms with Crippen molar-refractivity contribution >= 4 is 17.7 Å². The van der Waals surface area contributed by atoms with E-state index >= 15 is 0 Å². The van der Waals surface area contributed by atoms with Gasteiger partial charge in [-0.25, -0.2) is 14.6 Å². The van der Waals surface area contributed by atoms with Gasteiger partial charge in [0.15, 0.2) is 5.78 Å². The SMILES string of the molecule is Cc1cc(C)cc(C(=O)CCc2nc[nH]c2C)c1.O=C(O)/C=C\C(=O)O. The van der Waals surface area contributed by atoms with Crippen molar-refractivity contribution in [3.8, 4) is 0 Å². The molecule has 0 radical (unpaired) electrons. The van der Waals surface area contributed by atoms with Crippen molar-refractivity contribution in [3.63, 3.8) is 0 Å². The van der Waals surface area contributed by atoms with Gasteiger partial charge in [-0.3, -0.25) is 4.79 Å². The smallest absolute Gasteiger partial charge is 0.328 e. The van der Waals surface area contributed by atoms with E-state index in [2.05, 4.69) is 16.0 Å². The summed E-state index contributed by atoms with van der Waals surface area (Å²) in [4.78, 5) is 38.5. The maximum absolute atomic E-state index is 12.1. The number of ketones is 1. The minimum Gasteiger partial charge on any atom is -0.478 e. The number of nitrogens with zero attached hydrogens (tertiary/aromatic N) is 1. The molecule has 0 spiro atoms. The van der Waals surface area contributed by atoms with Gasteiger partial charge in [0, 0.05) is 29.8 Å². The first kappa shape index (κ1) is 20.8. The third kappa shape index (κ3) is 7.57. The second-order valence-electron chi connectivity index (χ2n) is 5.78. The second kappa shape index (κ2) is 9.93. The first-order chi connectivity index (χ1) is 12.2. The van der Waals surface area contributed by atoms with Gasteiger partial charge >= 0.3 is 11.9 Å². The molecule has 26 heavy (non-hydrogen) atoms. The van der Waals surface area contributed by atoms with Crippen molar-refractivity contribution < 1.29 is 24.6 Å². The predicted octanol–water partition coefficient (Wildman–Crippen LogP) is 2.86. The Labute approximate surface area is 151 Å². The van der Waals surface area contributed by atoms with E-state index in [4.69, 9.17) is 10.2 Å². The molecule has 0 saturated heterocycles. The first-order valence-electron chi connectivity index (χ1n) is 7.93. The highest BCUT2D eigenvalue weighted by atomic mass is 16.4. The second-order valence-corrected chi connectivity index (χ2v) is 5.78. The van der Waals surface area contributed by atoms with Gasteiger partial charge in [0.05, 0.1) is 12.0 Å². The van der Waals surface area contributed by atoms with Crippen LogP contribution in [0.25, 0.3) is 0 Å². The molecule has 0 saturated carbocycles. The van der Waals surface area contributed by atoms with E-state index in [1.54, 1.807) is 6.33 Å². The van der Waals surface area contributed by atoms with Gasteiger partial charge in [-0.1, -0.05) is 17.2 Å². The summed E-state index contributed by atoms with van der Waals surface area (Å²) < 4.78 is 0. The summed E-state index contributed by atoms with van der Waals surface area (Å²) >= 11 is 0. The van der Waals surface area contributed by atoms with Crippen LogP contribution in [0.15, 0.2) is 36.7 Å². The average molecular weight is 358 g/mol. The van der Waals surface area contributed by atoms with E-state index in [1.807, 2.05) is 32.9 Å². The molecule has 2 aromatic rings. The molecule has 0 bridgehead atoms. The van der Waals surface area contributed by atoms with E-state index in [1.165, 1.54) is 0 Å². The summed E-state index contributed by atoms with van der Waals surface area (Å²) in [5.74, 6) is -2.33. The number of carboxylic acid groups (broad SMARTS) is 2. The number of aromatic nitrogens is 2. The maximum Gasteiger partial charge on any atom is 0.328 e. The molecule has 0 aliphatic rings. The highest BCUT2D eigenvalue weighted by molar-refractivity contribution is 5.96. The molecule has 1 aromatic heterocycles. The molecular weight excluding hydrogens is 336 g/mol. The number of imidazole rings is 1. The third-order valence-electron chi connectivity index (χ3n) is 3.44. The lowest BCUT2D eigenvalue weighted by Gasteiger charge is -2.04. The number of nitrogens with one attached hydrogen (secondary N) is 1. The summed E-state index contributed by atoms with van der Waals surface area (Å²) in [7, 11) is 0. The summed E-state index contributed by atoms with van der Waals surface area (Å²) in [5, 5.41) is 15.6. The minimum absolute atomic E-state index is 0.184. The van der Waals surface area contributed by atoms with Crippen LogP contribution in [0.2, 0.25) is 0 Å². The molecule has 7 nitrogen and oxygen atoms in total. The van der Waals surface area contributed by atoms with Gasteiger partial charge < -0.3 is 15.2 Å². The van der Waals surface area contributed by atoms with Gasteiger partial charge in [-0.15, -0.1) is 0 Å². The highest BCUT2D eigenvalue weighted by Crippen LogP contribution is 2.13. The van der Waals surface area contributed by atoms with Crippen LogP contribution in [0.1, 0.15) is 39.3 Å². The van der Waals surface area contributed by atoms with Crippen LogP contribution >= 0.6 is 0 Å². The standard InChI is InChI=1S/C15H18N2O.C4H4O4/c1-10-6-11(2)8-13(7-10)15(18)5-4-14-12(3)16-9-17-14;5-3(6)1-2-4(7)8/h6-9H,4-5H2,1-3H3,(H,16,17);1-2H,(H,5,6)(H,7,8)/b;2-1-. The number of carboxylic acids is 2. The summed E-state index contributed by atoms with van der Waals surface area (Å²) in [6.45, 7) is 6.01. The van der Waals surface area contributed by atoms with Gasteiger partial charge in [0.2, 0.25) is 0 Å². The van der Waals surface area contributed by atoms with Crippen molar-refractivity contribution in [1.29, 1.82) is 0 Å². The Hall–Kier alpha value is -3.22. The summed E-state index contributed by atoms with van der Waals surface area (Å²) in [6, 6.07) is 5.98. The summed E-state index contributed by atoms with van der Waals surface area (Å²) in [5.41, 5.74) is 5.10. The van der Waals surface area contributed by atoms with Gasteiger partial charge in [-0.2, -0.15) is 0 Å². The number of hydrogen-bond acceptors (Lipinski definition) is 4. The van der Waals surface area contributed by atoms with Crippen LogP contribution in [-0.4, -0.2) is 37.9 Å². The topological polar surface area (TPSA) is 120 Å². The largest absolute Gasteiger partial charge is 0.478 e. The Morgan fingerprint density at radius 2 is 1.54 bits per heavy atom. The molecule has 3 N–H and O–H groups in total. The fraction of sp³-hybridized carbons (Fsp3) is 0.263. The van der Waals surface area contributed by atoms with E-state index in [0.29, 0.717) is 25.0 Å². The number of rotatable bonds is 6. The van der Waals surface area contributed by atoms with Crippen LogP contribution in [0.4, 0.5) is 0 Å². The number of benzene rings is 1. The first-order valence-corrected chi connectivity index (χ1v) is 7.93. The Morgan fingerprint density at radius 3 is 1.96 bits per heavy atom. The zero-order valence-corrected chi connectivity index (χ0v) is 14.9. The molecular formula is C19H22N2O5. The van der Waals surface area contributed by atoms with Crippen LogP contribution in [-0.2, 0) is 16.0 Å². The Kier molecular flexibility index (Phi) is 7.95. The van der Waals surface area contributed by atoms with E-state index in [0.717, 1.165) is 28.1 Å². The number of carbonyl (C=O) groups excluding carboxylic acids is 1. The molecule has 138 valence electrons. The zero-order chi connectivity index (χ0) is 19.7. The predicted molar refractivity (Wildman–Crippen MR) is 96.3 cm³/mol. The molecule has 0 unspecified atom stereocenters. The normalized spacial score (nSPS) is 10.3. The lowest BCUT2D eigenvalue weighted by Crippen LogP contribution is -2.03. The van der Waals surface area contributed by atoms with Gasteiger partial charge in [-0.05, 0) is 39.3 Å². The number of aryl methyl sites for hydroxylation is 4. The lowest BCUT2D eigenvalue weighted by molar-refractivity contribution is -0.134. The molecule has 0 aliphatic heterocycles. The number of aliphatic carboxylic acids is 2. The molecule has 0 fully saturated rings. The van der Waals surface area contributed by atoms with Crippen molar-refractivity contribution in [2.24, 2.45) is 0 Å². The van der Waals surface area contributed by atoms with Crippen LogP contribution in [0.3, 0.4) is 0 Å². The molecule has 7 heteroatoms. The molecule has 2 rings (SSSR count). The van der Waals surface area contributed by atoms with Crippen LogP contribution in [0, 0.1) is 20.8 Å². The number of H-pyrrole nitrogens is 1. The van der Waals surface area contributed by atoms with Crippen molar-refractivity contribution in [1.82, 2.24) is 9.97 Å². The van der Waals surface area contributed by atoms with Crippen molar-refractivity contribution in [2.45, 2.75) is 33.6 Å². The van der Waals surface area contributed by atoms with Gasteiger partial charge in [0.1, 0.15) is 0 Å². The number of carbonyl (C=O) groups is 3. The van der Waals surface area contributed by atoms with Crippen LogP contribution < -0.4 is 0 Å². The average Bonchev–Trinajstić information content (AvgIpc) is 2.95. The van der Waals surface area contributed by atoms with Crippen LogP contribution in [0.5, 0.6) is 0 Å². The zero-order valence-electron chi connectivity index (χ0n) is 14.9. The van der Waals surface area contributed by atoms with E-state index in [-0.39, 0.29) is 5.78 Å². The van der Waals surface area contributed by atoms with Crippen molar-refractivity contribution in [3.05, 3.63) is 64.8 Å². The molecule has 1 heterocycles. The van der Waals surface area contributed by atoms with E-state index < -0.39 is 11.9 Å². The quantitative estimate of drug-likeness (QED) is 0.539.